The lowest BCUT2D eigenvalue weighted by atomic mass is 9.96. The first-order valence-corrected chi connectivity index (χ1v) is 6.73. The Balaban J connectivity index is 2.12. The molecule has 2 aromatic carbocycles. The van der Waals surface area contributed by atoms with Gasteiger partial charge in [-0.25, -0.2) is 4.79 Å². The van der Waals surface area contributed by atoms with Gasteiger partial charge in [-0.2, -0.15) is 13.2 Å². The van der Waals surface area contributed by atoms with Crippen molar-refractivity contribution in [1.82, 2.24) is 0 Å². The van der Waals surface area contributed by atoms with Gasteiger partial charge in [0.25, 0.3) is 0 Å². The Morgan fingerprint density at radius 2 is 1.87 bits per heavy atom. The van der Waals surface area contributed by atoms with Crippen LogP contribution in [0.5, 0.6) is 5.75 Å². The zero-order valence-electron chi connectivity index (χ0n) is 11.7. The first kappa shape index (κ1) is 15.1. The Morgan fingerprint density at radius 1 is 1.13 bits per heavy atom. The molecule has 0 amide bonds. The van der Waals surface area contributed by atoms with E-state index in [0.29, 0.717) is 16.9 Å². The lowest BCUT2D eigenvalue weighted by Crippen LogP contribution is -2.14. The largest absolute Gasteiger partial charge is 0.488 e. The minimum Gasteiger partial charge on any atom is -0.488 e. The highest BCUT2D eigenvalue weighted by Crippen LogP contribution is 2.38. The molecule has 1 aliphatic heterocycles. The summed E-state index contributed by atoms with van der Waals surface area (Å²) in [5, 5.41) is 9.00. The number of rotatable bonds is 2. The quantitative estimate of drug-likeness (QED) is 0.900. The number of carboxylic acid groups (broad SMARTS) is 1. The molecule has 0 aliphatic carbocycles. The third-order valence-corrected chi connectivity index (χ3v) is 3.54. The van der Waals surface area contributed by atoms with Crippen molar-refractivity contribution in [3.8, 4) is 16.9 Å². The van der Waals surface area contributed by atoms with E-state index in [2.05, 4.69) is 0 Å². The van der Waals surface area contributed by atoms with Gasteiger partial charge in [-0.1, -0.05) is 24.3 Å². The maximum absolute atomic E-state index is 13.1. The van der Waals surface area contributed by atoms with Crippen molar-refractivity contribution in [2.45, 2.75) is 6.18 Å². The summed E-state index contributed by atoms with van der Waals surface area (Å²) in [6, 6.07) is 9.84. The molecular formula is C17H11F3O3. The van der Waals surface area contributed by atoms with Crippen LogP contribution in [0, 0.1) is 0 Å². The molecule has 0 fully saturated rings. The van der Waals surface area contributed by atoms with Crippen LogP contribution in [-0.2, 0) is 11.0 Å². The number of carboxylic acids is 1. The van der Waals surface area contributed by atoms with Crippen molar-refractivity contribution in [2.24, 2.45) is 0 Å². The van der Waals surface area contributed by atoms with Gasteiger partial charge in [0.15, 0.2) is 0 Å². The fraction of sp³-hybridized carbons (Fsp3) is 0.118. The molecule has 0 bridgehead atoms. The summed E-state index contributed by atoms with van der Waals surface area (Å²) in [5.74, 6) is -0.667. The van der Waals surface area contributed by atoms with Crippen LogP contribution in [-0.4, -0.2) is 17.7 Å². The van der Waals surface area contributed by atoms with E-state index in [1.165, 1.54) is 36.4 Å². The summed E-state index contributed by atoms with van der Waals surface area (Å²) in [7, 11) is 0. The molecule has 0 aromatic heterocycles. The summed E-state index contributed by atoms with van der Waals surface area (Å²) in [6.07, 6.45) is -3.05. The second-order valence-corrected chi connectivity index (χ2v) is 5.06. The highest BCUT2D eigenvalue weighted by molar-refractivity contribution is 5.94. The number of carbonyl (C=O) groups is 1. The summed E-state index contributed by atoms with van der Waals surface area (Å²) >= 11 is 0. The maximum atomic E-state index is 13.1. The fourth-order valence-electron chi connectivity index (χ4n) is 2.45. The summed E-state index contributed by atoms with van der Waals surface area (Å²) < 4.78 is 44.7. The molecule has 118 valence electrons. The van der Waals surface area contributed by atoms with Crippen molar-refractivity contribution in [1.29, 1.82) is 0 Å². The van der Waals surface area contributed by atoms with Gasteiger partial charge in [0.05, 0.1) is 11.1 Å². The molecule has 1 N–H and O–H groups in total. The van der Waals surface area contributed by atoms with Crippen LogP contribution in [0.4, 0.5) is 13.2 Å². The molecule has 2 aromatic rings. The van der Waals surface area contributed by atoms with E-state index in [1.54, 1.807) is 6.07 Å². The monoisotopic (exact) mass is 320 g/mol. The first-order chi connectivity index (χ1) is 10.9. The Morgan fingerprint density at radius 3 is 2.57 bits per heavy atom. The second kappa shape index (κ2) is 5.46. The van der Waals surface area contributed by atoms with Crippen molar-refractivity contribution in [3.63, 3.8) is 0 Å². The standard InChI is InChI=1S/C17H11F3O3/c18-17(19,20)14-4-2-1-3-13(14)10-5-6-15-11(7-10)8-12(9-23-15)16(21)22/h1-8H,9H2,(H,21,22). The highest BCUT2D eigenvalue weighted by atomic mass is 19.4. The minimum absolute atomic E-state index is 0.0404. The smallest absolute Gasteiger partial charge is 0.417 e. The van der Waals surface area contributed by atoms with E-state index >= 15 is 0 Å². The Kier molecular flexibility index (Phi) is 3.60. The van der Waals surface area contributed by atoms with Gasteiger partial charge in [0, 0.05) is 5.56 Å². The van der Waals surface area contributed by atoms with Crippen molar-refractivity contribution >= 4 is 12.0 Å². The molecule has 0 spiro atoms. The topological polar surface area (TPSA) is 46.5 Å². The zero-order valence-corrected chi connectivity index (χ0v) is 11.7. The minimum atomic E-state index is -4.47. The van der Waals surface area contributed by atoms with Gasteiger partial charge in [-0.15, -0.1) is 0 Å². The van der Waals surface area contributed by atoms with E-state index < -0.39 is 17.7 Å². The van der Waals surface area contributed by atoms with E-state index in [0.717, 1.165) is 6.07 Å². The first-order valence-electron chi connectivity index (χ1n) is 6.73. The average Bonchev–Trinajstić information content (AvgIpc) is 2.53. The fourth-order valence-corrected chi connectivity index (χ4v) is 2.45. The Labute approximate surface area is 129 Å². The highest BCUT2D eigenvalue weighted by Gasteiger charge is 2.33. The second-order valence-electron chi connectivity index (χ2n) is 5.06. The molecule has 0 radical (unpaired) electrons. The van der Waals surface area contributed by atoms with Crippen LogP contribution in [0.3, 0.4) is 0 Å². The third-order valence-electron chi connectivity index (χ3n) is 3.54. The lowest BCUT2D eigenvalue weighted by Gasteiger charge is -2.18. The normalized spacial score (nSPS) is 13.8. The summed E-state index contributed by atoms with van der Waals surface area (Å²) in [6.45, 7) is -0.0686. The zero-order chi connectivity index (χ0) is 16.6. The lowest BCUT2D eigenvalue weighted by molar-refractivity contribution is -0.137. The van der Waals surface area contributed by atoms with E-state index in [9.17, 15) is 18.0 Å². The molecule has 3 nitrogen and oxygen atoms in total. The SMILES string of the molecule is O=C(O)C1=Cc2cc(-c3ccccc3C(F)(F)F)ccc2OC1. The van der Waals surface area contributed by atoms with Gasteiger partial charge in [0.2, 0.25) is 0 Å². The van der Waals surface area contributed by atoms with Crippen LogP contribution < -0.4 is 4.74 Å². The van der Waals surface area contributed by atoms with E-state index in [-0.39, 0.29) is 17.7 Å². The molecule has 3 rings (SSSR count). The molecule has 0 atom stereocenters. The Hall–Kier alpha value is -2.76. The maximum Gasteiger partial charge on any atom is 0.417 e. The number of fused-ring (bicyclic) bond motifs is 1. The molecule has 23 heavy (non-hydrogen) atoms. The number of hydrogen-bond acceptors (Lipinski definition) is 2. The molecule has 6 heteroatoms. The van der Waals surface area contributed by atoms with E-state index in [1.807, 2.05) is 0 Å². The number of benzene rings is 2. The van der Waals surface area contributed by atoms with Crippen LogP contribution >= 0.6 is 0 Å². The Bertz CT molecular complexity index is 807. The van der Waals surface area contributed by atoms with Crippen molar-refractivity contribution in [2.75, 3.05) is 6.61 Å². The van der Waals surface area contributed by atoms with E-state index in [4.69, 9.17) is 9.84 Å². The van der Waals surface area contributed by atoms with Crippen LogP contribution in [0.15, 0.2) is 48.0 Å². The number of ether oxygens (including phenoxy) is 1. The van der Waals surface area contributed by atoms with Crippen LogP contribution in [0.25, 0.3) is 17.2 Å². The van der Waals surface area contributed by atoms with Gasteiger partial charge in [-0.05, 0) is 35.4 Å². The van der Waals surface area contributed by atoms with Crippen LogP contribution in [0.2, 0.25) is 0 Å². The number of halogens is 3. The van der Waals surface area contributed by atoms with Gasteiger partial charge >= 0.3 is 12.1 Å². The predicted molar refractivity (Wildman–Crippen MR) is 78.0 cm³/mol. The van der Waals surface area contributed by atoms with Gasteiger partial charge in [0.1, 0.15) is 12.4 Å². The number of alkyl halides is 3. The predicted octanol–water partition coefficient (Wildman–Crippen LogP) is 4.23. The van der Waals surface area contributed by atoms with Crippen molar-refractivity contribution < 1.29 is 27.8 Å². The van der Waals surface area contributed by atoms with Crippen LogP contribution in [0.1, 0.15) is 11.1 Å². The number of aliphatic carboxylic acids is 1. The molecule has 1 aliphatic rings. The molecule has 0 saturated carbocycles. The van der Waals surface area contributed by atoms with Gasteiger partial charge in [-0.3, -0.25) is 0 Å². The van der Waals surface area contributed by atoms with Crippen molar-refractivity contribution in [3.05, 3.63) is 59.2 Å². The van der Waals surface area contributed by atoms with Gasteiger partial charge < -0.3 is 9.84 Å². The molecular weight excluding hydrogens is 309 g/mol. The molecule has 0 unspecified atom stereocenters. The summed E-state index contributed by atoms with van der Waals surface area (Å²) in [5.41, 5.74) is 0.155. The third kappa shape index (κ3) is 2.92. The summed E-state index contributed by atoms with van der Waals surface area (Å²) in [4.78, 5) is 11.0. The molecule has 1 heterocycles. The molecule has 0 saturated heterocycles. The average molecular weight is 320 g/mol. The number of hydrogen-bond donors (Lipinski definition) is 1.